The normalized spacial score (nSPS) is 20.3. The lowest BCUT2D eigenvalue weighted by atomic mass is 10.1. The average Bonchev–Trinajstić information content (AvgIpc) is 3.44. The molecule has 1 atom stereocenters. The highest BCUT2D eigenvalue weighted by atomic mass is 16.5. The number of guanidine groups is 1. The van der Waals surface area contributed by atoms with Gasteiger partial charge in [0.25, 0.3) is 0 Å². The lowest BCUT2D eigenvalue weighted by Crippen LogP contribution is -2.48. The van der Waals surface area contributed by atoms with Crippen molar-refractivity contribution in [1.82, 2.24) is 25.0 Å². The van der Waals surface area contributed by atoms with Crippen LogP contribution in [0, 0.1) is 0 Å². The number of morpholine rings is 1. The predicted octanol–water partition coefficient (Wildman–Crippen LogP) is 1.95. The fourth-order valence-electron chi connectivity index (χ4n) is 3.89. The molecule has 0 amide bonds. The second-order valence-electron chi connectivity index (χ2n) is 7.64. The highest BCUT2D eigenvalue weighted by Gasteiger charge is 2.25. The maximum atomic E-state index is 5.97. The van der Waals surface area contributed by atoms with Gasteiger partial charge >= 0.3 is 0 Å². The van der Waals surface area contributed by atoms with Crippen molar-refractivity contribution in [2.75, 3.05) is 44.2 Å². The minimum Gasteiger partial charge on any atom is -0.370 e. The van der Waals surface area contributed by atoms with Gasteiger partial charge in [-0.1, -0.05) is 6.07 Å². The molecule has 2 fully saturated rings. The molecule has 8 heteroatoms. The number of aryl methyl sites for hydroxylation is 1. The van der Waals surface area contributed by atoms with Crippen LogP contribution < -0.4 is 10.2 Å². The van der Waals surface area contributed by atoms with Crippen LogP contribution in [0.4, 0.5) is 5.82 Å². The van der Waals surface area contributed by atoms with Gasteiger partial charge in [0.15, 0.2) is 5.96 Å². The van der Waals surface area contributed by atoms with Crippen LogP contribution in [0.3, 0.4) is 0 Å². The summed E-state index contributed by atoms with van der Waals surface area (Å²) in [5, 5.41) is 7.70. The van der Waals surface area contributed by atoms with Crippen LogP contribution in [0.25, 0.3) is 0 Å². The minimum atomic E-state index is 0.0164. The van der Waals surface area contributed by atoms with E-state index < -0.39 is 0 Å². The largest absolute Gasteiger partial charge is 0.370 e. The van der Waals surface area contributed by atoms with E-state index >= 15 is 0 Å². The molecule has 2 aromatic rings. The zero-order valence-electron chi connectivity index (χ0n) is 17.4. The molecule has 2 aliphatic rings. The predicted molar refractivity (Wildman–Crippen MR) is 114 cm³/mol. The van der Waals surface area contributed by atoms with Crippen molar-refractivity contribution in [1.29, 1.82) is 0 Å². The van der Waals surface area contributed by atoms with Gasteiger partial charge in [-0.3, -0.25) is 4.68 Å². The minimum absolute atomic E-state index is 0.0164. The fourth-order valence-corrected chi connectivity index (χ4v) is 3.89. The monoisotopic (exact) mass is 397 g/mol. The van der Waals surface area contributed by atoms with E-state index in [0.29, 0.717) is 13.2 Å². The molecule has 2 aromatic heterocycles. The first kappa shape index (κ1) is 19.7. The zero-order valence-corrected chi connectivity index (χ0v) is 17.4. The summed E-state index contributed by atoms with van der Waals surface area (Å²) < 4.78 is 7.78. The number of nitrogens with one attached hydrogen (secondary N) is 1. The number of hydrogen-bond donors (Lipinski definition) is 1. The summed E-state index contributed by atoms with van der Waals surface area (Å²) in [5.41, 5.74) is 2.23. The number of ether oxygens (including phenoxy) is 1. The Bertz CT molecular complexity index is 811. The van der Waals surface area contributed by atoms with E-state index in [0.717, 1.165) is 55.6 Å². The third-order valence-electron chi connectivity index (χ3n) is 5.45. The van der Waals surface area contributed by atoms with Crippen LogP contribution in [0.5, 0.6) is 0 Å². The van der Waals surface area contributed by atoms with Crippen molar-refractivity contribution in [3.8, 4) is 0 Å². The summed E-state index contributed by atoms with van der Waals surface area (Å²) in [6.07, 6.45) is 8.40. The van der Waals surface area contributed by atoms with Crippen molar-refractivity contribution >= 4 is 11.8 Å². The molecule has 0 aliphatic carbocycles. The third kappa shape index (κ3) is 4.87. The number of rotatable bonds is 5. The maximum absolute atomic E-state index is 5.97. The summed E-state index contributed by atoms with van der Waals surface area (Å²) in [4.78, 5) is 14.1. The maximum Gasteiger partial charge on any atom is 0.194 e. The SMILES string of the molecule is CCNC(=NCc1ccc(N2CCCC2)nc1)N1CCOC(c2cnn(C)c2)C1. The zero-order chi connectivity index (χ0) is 20.1. The van der Waals surface area contributed by atoms with Crippen molar-refractivity contribution in [3.05, 3.63) is 41.9 Å². The molecule has 156 valence electrons. The second kappa shape index (κ2) is 9.26. The Morgan fingerprint density at radius 3 is 2.79 bits per heavy atom. The molecule has 2 saturated heterocycles. The Balaban J connectivity index is 1.41. The third-order valence-corrected chi connectivity index (χ3v) is 5.45. The number of nitrogens with zero attached hydrogens (tertiary/aromatic N) is 6. The first-order valence-electron chi connectivity index (χ1n) is 10.6. The molecule has 2 aliphatic heterocycles. The molecule has 0 bridgehead atoms. The fraction of sp³-hybridized carbons (Fsp3) is 0.571. The number of hydrogen-bond acceptors (Lipinski definition) is 5. The highest BCUT2D eigenvalue weighted by Crippen LogP contribution is 2.22. The van der Waals surface area contributed by atoms with Crippen molar-refractivity contribution < 1.29 is 4.74 Å². The topological polar surface area (TPSA) is 70.8 Å². The van der Waals surface area contributed by atoms with Gasteiger partial charge in [0, 0.05) is 51.2 Å². The molecule has 0 radical (unpaired) electrons. The Morgan fingerprint density at radius 2 is 2.10 bits per heavy atom. The van der Waals surface area contributed by atoms with Gasteiger partial charge in [-0.2, -0.15) is 5.10 Å². The lowest BCUT2D eigenvalue weighted by Gasteiger charge is -2.34. The summed E-state index contributed by atoms with van der Waals surface area (Å²) >= 11 is 0. The van der Waals surface area contributed by atoms with Gasteiger partial charge in [0.05, 0.1) is 25.9 Å². The van der Waals surface area contributed by atoms with E-state index in [2.05, 4.69) is 44.3 Å². The molecular formula is C21H31N7O. The van der Waals surface area contributed by atoms with Crippen LogP contribution in [0.2, 0.25) is 0 Å². The number of pyridine rings is 1. The first-order chi connectivity index (χ1) is 14.2. The summed E-state index contributed by atoms with van der Waals surface area (Å²) in [6, 6.07) is 4.27. The number of aliphatic imine (C=N–C) groups is 1. The van der Waals surface area contributed by atoms with E-state index in [1.807, 2.05) is 30.3 Å². The van der Waals surface area contributed by atoms with Crippen molar-refractivity contribution in [2.24, 2.45) is 12.0 Å². The first-order valence-corrected chi connectivity index (χ1v) is 10.6. The van der Waals surface area contributed by atoms with Gasteiger partial charge < -0.3 is 19.9 Å². The Labute approximate surface area is 172 Å². The van der Waals surface area contributed by atoms with Gasteiger partial charge in [-0.25, -0.2) is 9.98 Å². The number of anilines is 1. The van der Waals surface area contributed by atoms with Gasteiger partial charge in [-0.15, -0.1) is 0 Å². The summed E-state index contributed by atoms with van der Waals surface area (Å²) in [7, 11) is 1.93. The van der Waals surface area contributed by atoms with Gasteiger partial charge in [-0.05, 0) is 31.4 Å². The number of aromatic nitrogens is 3. The van der Waals surface area contributed by atoms with Gasteiger partial charge in [0.2, 0.25) is 0 Å². The van der Waals surface area contributed by atoms with Crippen LogP contribution in [0.1, 0.15) is 37.0 Å². The molecule has 4 heterocycles. The molecule has 4 rings (SSSR count). The second-order valence-corrected chi connectivity index (χ2v) is 7.64. The van der Waals surface area contributed by atoms with Crippen LogP contribution in [0.15, 0.2) is 35.7 Å². The quantitative estimate of drug-likeness (QED) is 0.614. The van der Waals surface area contributed by atoms with E-state index in [-0.39, 0.29) is 6.10 Å². The molecule has 8 nitrogen and oxygen atoms in total. The van der Waals surface area contributed by atoms with E-state index in [4.69, 9.17) is 9.73 Å². The van der Waals surface area contributed by atoms with Crippen LogP contribution in [-0.2, 0) is 18.3 Å². The Morgan fingerprint density at radius 1 is 1.24 bits per heavy atom. The molecule has 1 N–H and O–H groups in total. The molecule has 29 heavy (non-hydrogen) atoms. The lowest BCUT2D eigenvalue weighted by molar-refractivity contribution is -0.00805. The molecule has 0 aromatic carbocycles. The molecule has 0 saturated carbocycles. The summed E-state index contributed by atoms with van der Waals surface area (Å²) in [6.45, 7) is 8.05. The van der Waals surface area contributed by atoms with Crippen LogP contribution in [-0.4, -0.2) is 65.0 Å². The van der Waals surface area contributed by atoms with E-state index in [9.17, 15) is 0 Å². The van der Waals surface area contributed by atoms with E-state index in [1.54, 1.807) is 0 Å². The van der Waals surface area contributed by atoms with Crippen molar-refractivity contribution in [2.45, 2.75) is 32.4 Å². The standard InChI is InChI=1S/C21H31N7O/c1-3-22-21(28-10-11-29-19(16-28)18-14-25-26(2)15-18)24-13-17-6-7-20(23-12-17)27-8-4-5-9-27/h6-7,12,14-15,19H,3-5,8-11,13,16H2,1-2H3,(H,22,24). The molecular weight excluding hydrogens is 366 g/mol. The van der Waals surface area contributed by atoms with Gasteiger partial charge in [0.1, 0.15) is 11.9 Å². The summed E-state index contributed by atoms with van der Waals surface area (Å²) in [5.74, 6) is 2.00. The Hall–Kier alpha value is -2.61. The van der Waals surface area contributed by atoms with Crippen LogP contribution >= 0.6 is 0 Å². The highest BCUT2D eigenvalue weighted by molar-refractivity contribution is 5.80. The smallest absolute Gasteiger partial charge is 0.194 e. The molecule has 1 unspecified atom stereocenters. The average molecular weight is 398 g/mol. The Kier molecular flexibility index (Phi) is 6.29. The van der Waals surface area contributed by atoms with Crippen molar-refractivity contribution in [3.63, 3.8) is 0 Å². The van der Waals surface area contributed by atoms with E-state index in [1.165, 1.54) is 12.8 Å². The molecule has 0 spiro atoms.